The first-order valence-corrected chi connectivity index (χ1v) is 23.4. The first-order valence-electron chi connectivity index (χ1n) is 23.4. The predicted molar refractivity (Wildman–Crippen MR) is 277 cm³/mol. The van der Waals surface area contributed by atoms with Gasteiger partial charge >= 0.3 is 0 Å². The average molecular weight is 856 g/mol. The summed E-state index contributed by atoms with van der Waals surface area (Å²) >= 11 is 0. The van der Waals surface area contributed by atoms with Crippen LogP contribution in [0.3, 0.4) is 0 Å². The number of rotatable bonds is 5. The Morgan fingerprint density at radius 1 is 0.470 bits per heavy atom. The molecule has 0 atom stereocenters. The third kappa shape index (κ3) is 5.60. The number of fused-ring (bicyclic) bond motifs is 10. The molecule has 0 radical (unpaired) electrons. The normalized spacial score (nSPS) is 15.5. The molecule has 320 valence electrons. The zero-order chi connectivity index (χ0) is 44.6. The van der Waals surface area contributed by atoms with Gasteiger partial charge in [0, 0.05) is 56.3 Å². The molecule has 0 fully saturated rings. The fourth-order valence-electron chi connectivity index (χ4n) is 11.7. The van der Waals surface area contributed by atoms with Gasteiger partial charge in [-0.2, -0.15) is 0 Å². The highest BCUT2D eigenvalue weighted by atomic mass is 16.3. The van der Waals surface area contributed by atoms with Crippen molar-refractivity contribution >= 4 is 107 Å². The maximum Gasteiger partial charge on any atom is 0.297 e. The Hall–Kier alpha value is -7.44. The second kappa shape index (κ2) is 14.0. The van der Waals surface area contributed by atoms with Crippen LogP contribution in [0, 0.1) is 13.8 Å². The van der Waals surface area contributed by atoms with Crippen molar-refractivity contribution in [2.75, 3.05) is 14.7 Å². The lowest BCUT2D eigenvalue weighted by Crippen LogP contribution is -2.61. The zero-order valence-electron chi connectivity index (χ0n) is 38.3. The molecule has 66 heavy (non-hydrogen) atoms. The number of nitrogens with zero attached hydrogens (tertiary/aromatic N) is 3. The fraction of sp³-hybridized carbons (Fsp3) is 0.167. The number of furan rings is 2. The molecule has 1 aliphatic carbocycles. The summed E-state index contributed by atoms with van der Waals surface area (Å²) in [6, 6.07) is 62.0. The Morgan fingerprint density at radius 3 is 1.71 bits per heavy atom. The molecule has 4 heterocycles. The number of anilines is 9. The van der Waals surface area contributed by atoms with Gasteiger partial charge in [-0.1, -0.05) is 125 Å². The Morgan fingerprint density at radius 2 is 1.05 bits per heavy atom. The Kier molecular flexibility index (Phi) is 8.29. The van der Waals surface area contributed by atoms with Crippen molar-refractivity contribution in [1.29, 1.82) is 0 Å². The monoisotopic (exact) mass is 855 g/mol. The van der Waals surface area contributed by atoms with Gasteiger partial charge in [-0.25, -0.2) is 0 Å². The van der Waals surface area contributed by atoms with Crippen LogP contribution in [-0.4, -0.2) is 6.71 Å². The molecule has 0 saturated heterocycles. The second-order valence-corrected chi connectivity index (χ2v) is 20.1. The summed E-state index contributed by atoms with van der Waals surface area (Å²) in [5.41, 5.74) is 21.2. The van der Waals surface area contributed by atoms with Gasteiger partial charge < -0.3 is 23.5 Å². The Balaban J connectivity index is 1.21. The largest absolute Gasteiger partial charge is 0.468 e. The van der Waals surface area contributed by atoms with Crippen LogP contribution < -0.4 is 31.3 Å². The van der Waals surface area contributed by atoms with Crippen molar-refractivity contribution in [3.63, 3.8) is 0 Å². The van der Waals surface area contributed by atoms with E-state index < -0.39 is 0 Å². The van der Waals surface area contributed by atoms with Gasteiger partial charge in [0.2, 0.25) is 0 Å². The second-order valence-electron chi connectivity index (χ2n) is 20.1. The van der Waals surface area contributed by atoms with Gasteiger partial charge in [-0.15, -0.1) is 0 Å². The van der Waals surface area contributed by atoms with Gasteiger partial charge in [0.25, 0.3) is 6.71 Å². The van der Waals surface area contributed by atoms with Crippen LogP contribution in [0.25, 0.3) is 32.9 Å². The molecule has 0 saturated carbocycles. The molecule has 0 unspecified atom stereocenters. The summed E-state index contributed by atoms with van der Waals surface area (Å²) in [6.45, 7) is 13.9. The number of para-hydroxylation sites is 5. The van der Waals surface area contributed by atoms with E-state index in [1.807, 2.05) is 0 Å². The molecule has 2 aliphatic heterocycles. The van der Waals surface area contributed by atoms with Crippen LogP contribution in [0.4, 0.5) is 51.2 Å². The number of hydrogen-bond donors (Lipinski definition) is 0. The van der Waals surface area contributed by atoms with E-state index in [0.717, 1.165) is 103 Å². The van der Waals surface area contributed by atoms with E-state index in [9.17, 15) is 0 Å². The number of aryl methyl sites for hydroxylation is 2. The highest BCUT2D eigenvalue weighted by molar-refractivity contribution is 7.00. The SMILES string of the molecule is Cc1cccc(C)c1N1c2cc3oc4ccccc4c3cc2B2c3oc4cc5c(cc4c3N(c3ccccc3)c3cc(N(c4ccccc4)c4ccccc4)cc1c32)C(C)(C)CCC5(C)C. The number of benzene rings is 8. The average Bonchev–Trinajstić information content (AvgIpc) is 3.89. The fourth-order valence-corrected chi connectivity index (χ4v) is 11.7. The van der Waals surface area contributed by atoms with Crippen LogP contribution in [-0.2, 0) is 10.8 Å². The minimum Gasteiger partial charge on any atom is -0.468 e. The van der Waals surface area contributed by atoms with Crippen molar-refractivity contribution in [2.45, 2.75) is 65.2 Å². The first-order chi connectivity index (χ1) is 32.1. The topological polar surface area (TPSA) is 36.0 Å². The molecule has 6 heteroatoms. The highest BCUT2D eigenvalue weighted by Gasteiger charge is 2.49. The van der Waals surface area contributed by atoms with E-state index in [-0.39, 0.29) is 17.5 Å². The van der Waals surface area contributed by atoms with Crippen molar-refractivity contribution in [3.8, 4) is 0 Å². The lowest BCUT2D eigenvalue weighted by atomic mass is 9.35. The molecule has 0 amide bonds. The van der Waals surface area contributed by atoms with Crippen LogP contribution >= 0.6 is 0 Å². The maximum absolute atomic E-state index is 7.57. The van der Waals surface area contributed by atoms with Crippen LogP contribution in [0.2, 0.25) is 0 Å². The van der Waals surface area contributed by atoms with E-state index in [1.54, 1.807) is 0 Å². The molecular weight excluding hydrogens is 805 g/mol. The summed E-state index contributed by atoms with van der Waals surface area (Å²) in [5.74, 6) is 0. The van der Waals surface area contributed by atoms with E-state index in [2.05, 4.69) is 226 Å². The van der Waals surface area contributed by atoms with E-state index >= 15 is 0 Å². The van der Waals surface area contributed by atoms with Crippen LogP contribution in [0.15, 0.2) is 179 Å². The van der Waals surface area contributed by atoms with E-state index in [1.165, 1.54) is 33.2 Å². The molecule has 0 N–H and O–H groups in total. The maximum atomic E-state index is 7.57. The minimum atomic E-state index is -0.236. The van der Waals surface area contributed by atoms with Crippen molar-refractivity contribution in [3.05, 3.63) is 192 Å². The van der Waals surface area contributed by atoms with E-state index in [4.69, 9.17) is 8.83 Å². The van der Waals surface area contributed by atoms with Crippen molar-refractivity contribution in [2.24, 2.45) is 0 Å². The first kappa shape index (κ1) is 39.0. The van der Waals surface area contributed by atoms with Crippen molar-refractivity contribution in [1.82, 2.24) is 0 Å². The molecule has 5 nitrogen and oxygen atoms in total. The smallest absolute Gasteiger partial charge is 0.297 e. The van der Waals surface area contributed by atoms with Gasteiger partial charge in [-0.3, -0.25) is 0 Å². The highest BCUT2D eigenvalue weighted by Crippen LogP contribution is 2.53. The van der Waals surface area contributed by atoms with E-state index in [0.29, 0.717) is 0 Å². The van der Waals surface area contributed by atoms with Gasteiger partial charge in [0.05, 0.1) is 22.7 Å². The molecule has 8 aromatic carbocycles. The van der Waals surface area contributed by atoms with Crippen LogP contribution in [0.1, 0.15) is 62.8 Å². The summed E-state index contributed by atoms with van der Waals surface area (Å²) < 4.78 is 14.3. The quantitative estimate of drug-likeness (QED) is 0.161. The third-order valence-electron chi connectivity index (χ3n) is 15.1. The van der Waals surface area contributed by atoms with Gasteiger partial charge in [0.1, 0.15) is 16.7 Å². The Labute approximate surface area is 386 Å². The molecule has 2 aromatic heterocycles. The summed E-state index contributed by atoms with van der Waals surface area (Å²) in [5, 5.41) is 3.36. The summed E-state index contributed by atoms with van der Waals surface area (Å²) in [4.78, 5) is 7.45. The molecular formula is C60H50BN3O2. The Bertz CT molecular complexity index is 3530. The lowest BCUT2D eigenvalue weighted by Gasteiger charge is -2.44. The molecule has 10 aromatic rings. The van der Waals surface area contributed by atoms with Gasteiger partial charge in [0.15, 0.2) is 0 Å². The van der Waals surface area contributed by atoms with Crippen LogP contribution in [0.5, 0.6) is 0 Å². The molecule has 13 rings (SSSR count). The molecule has 0 bridgehead atoms. The zero-order valence-corrected chi connectivity index (χ0v) is 38.3. The lowest BCUT2D eigenvalue weighted by molar-refractivity contribution is 0.332. The minimum absolute atomic E-state index is 0.0108. The van der Waals surface area contributed by atoms with Gasteiger partial charge in [-0.05, 0) is 137 Å². The molecule has 0 spiro atoms. The van der Waals surface area contributed by atoms with Crippen molar-refractivity contribution < 1.29 is 8.83 Å². The molecule has 3 aliphatic rings. The third-order valence-corrected chi connectivity index (χ3v) is 15.1. The number of hydrogen-bond acceptors (Lipinski definition) is 5. The summed E-state index contributed by atoms with van der Waals surface area (Å²) in [6.07, 6.45) is 2.26. The summed E-state index contributed by atoms with van der Waals surface area (Å²) in [7, 11) is 0. The predicted octanol–water partition coefficient (Wildman–Crippen LogP) is 14.9. The standard InChI is InChI=1S/C60H50BN3O2/c1-37-19-18-20-38(2)56(37)64-49-36-54-44(43-27-16-17-28-52(43)65-54)34-48(49)61-55-50(31-42(32-51(55)64)62(39-21-10-7-11-22-39)40-23-12-8-13-24-40)63(41-25-14-9-15-26-41)57-45-33-46-47(35-53(45)66-58(57)61)60(5,6)30-29-59(46,3)4/h7-28,31-36H,29-30H2,1-6H3.